The molecule has 2 fully saturated rings. The smallest absolute Gasteiger partial charge is 0.310 e. The summed E-state index contributed by atoms with van der Waals surface area (Å²) in [6.45, 7) is 7.06. The molecule has 5 nitrogen and oxygen atoms in total. The quantitative estimate of drug-likeness (QED) is 0.283. The van der Waals surface area contributed by atoms with Gasteiger partial charge in [-0.3, -0.25) is 4.79 Å². The van der Waals surface area contributed by atoms with Gasteiger partial charge in [-0.15, -0.1) is 0 Å². The van der Waals surface area contributed by atoms with Gasteiger partial charge in [0.1, 0.15) is 5.75 Å². The third kappa shape index (κ3) is 5.80. The van der Waals surface area contributed by atoms with Gasteiger partial charge in [-0.2, -0.15) is 0 Å². The molecule has 2 aliphatic carbocycles. The molecule has 196 valence electrons. The summed E-state index contributed by atoms with van der Waals surface area (Å²) in [5.74, 6) is 2.54. The Balaban J connectivity index is 1.62. The SMILES string of the molecule is CCCCOC(=O)Cc1cccc(S(=O)(=O)c2ccc(OC)c(C3(C)CC4CC(C)CC(C4)C3)c2)c1. The average molecular weight is 513 g/mol. The first-order valence-corrected chi connectivity index (χ1v) is 14.8. The molecule has 0 aliphatic heterocycles. The van der Waals surface area contributed by atoms with Gasteiger partial charge in [0.2, 0.25) is 9.84 Å². The summed E-state index contributed by atoms with van der Waals surface area (Å²) in [5.41, 5.74) is 1.51. The highest BCUT2D eigenvalue weighted by molar-refractivity contribution is 7.91. The van der Waals surface area contributed by atoms with Gasteiger partial charge >= 0.3 is 5.97 Å². The lowest BCUT2D eigenvalue weighted by Crippen LogP contribution is -2.39. The van der Waals surface area contributed by atoms with Crippen LogP contribution in [0, 0.1) is 17.8 Å². The number of methoxy groups -OCH3 is 1. The molecule has 0 heterocycles. The second-order valence-electron chi connectivity index (χ2n) is 11.3. The minimum Gasteiger partial charge on any atom is -0.496 e. The van der Waals surface area contributed by atoms with Crippen molar-refractivity contribution in [3.05, 3.63) is 53.6 Å². The number of hydrogen-bond donors (Lipinski definition) is 0. The molecule has 2 aromatic carbocycles. The van der Waals surface area contributed by atoms with Crippen LogP contribution in [0.4, 0.5) is 0 Å². The molecule has 2 saturated carbocycles. The Hall–Kier alpha value is -2.34. The number of benzene rings is 2. The van der Waals surface area contributed by atoms with E-state index in [2.05, 4.69) is 13.8 Å². The Kier molecular flexibility index (Phi) is 8.13. The second-order valence-corrected chi connectivity index (χ2v) is 13.2. The molecule has 0 saturated heterocycles. The maximum absolute atomic E-state index is 13.7. The Labute approximate surface area is 216 Å². The number of fused-ring (bicyclic) bond motifs is 2. The van der Waals surface area contributed by atoms with Crippen LogP contribution in [0.2, 0.25) is 0 Å². The summed E-state index contributed by atoms with van der Waals surface area (Å²) >= 11 is 0. The number of rotatable bonds is 9. The van der Waals surface area contributed by atoms with Crippen LogP contribution in [0.5, 0.6) is 5.75 Å². The number of ether oxygens (including phenoxy) is 2. The minimum absolute atomic E-state index is 0.0558. The first-order chi connectivity index (χ1) is 17.1. The van der Waals surface area contributed by atoms with E-state index >= 15 is 0 Å². The van der Waals surface area contributed by atoms with E-state index in [0.717, 1.165) is 42.9 Å². The van der Waals surface area contributed by atoms with Crippen LogP contribution in [0.25, 0.3) is 0 Å². The molecule has 4 rings (SSSR count). The third-order valence-electron chi connectivity index (χ3n) is 8.07. The summed E-state index contributed by atoms with van der Waals surface area (Å²) < 4.78 is 38.4. The van der Waals surface area contributed by atoms with Crippen molar-refractivity contribution in [1.29, 1.82) is 0 Å². The van der Waals surface area contributed by atoms with E-state index in [1.54, 1.807) is 43.5 Å². The van der Waals surface area contributed by atoms with Gasteiger partial charge in [0, 0.05) is 5.56 Å². The van der Waals surface area contributed by atoms with Crippen molar-refractivity contribution in [1.82, 2.24) is 0 Å². The van der Waals surface area contributed by atoms with Crippen LogP contribution < -0.4 is 4.74 Å². The molecule has 2 unspecified atom stereocenters. The summed E-state index contributed by atoms with van der Waals surface area (Å²) in [7, 11) is -2.11. The van der Waals surface area contributed by atoms with Gasteiger partial charge in [-0.25, -0.2) is 8.42 Å². The Bertz CT molecular complexity index is 1170. The topological polar surface area (TPSA) is 69.7 Å². The van der Waals surface area contributed by atoms with Gasteiger partial charge < -0.3 is 9.47 Å². The minimum atomic E-state index is -3.77. The highest BCUT2D eigenvalue weighted by atomic mass is 32.2. The van der Waals surface area contributed by atoms with Crippen molar-refractivity contribution >= 4 is 15.8 Å². The van der Waals surface area contributed by atoms with Crippen LogP contribution in [0.15, 0.2) is 52.3 Å². The molecule has 0 spiro atoms. The number of sulfone groups is 1. The first-order valence-electron chi connectivity index (χ1n) is 13.3. The van der Waals surface area contributed by atoms with E-state index in [1.807, 2.05) is 13.0 Å². The predicted molar refractivity (Wildman–Crippen MR) is 141 cm³/mol. The molecular weight excluding hydrogens is 472 g/mol. The second kappa shape index (κ2) is 11.0. The van der Waals surface area contributed by atoms with Crippen LogP contribution >= 0.6 is 0 Å². The van der Waals surface area contributed by atoms with Crippen molar-refractivity contribution < 1.29 is 22.7 Å². The molecule has 0 radical (unpaired) electrons. The maximum Gasteiger partial charge on any atom is 0.310 e. The van der Waals surface area contributed by atoms with E-state index in [0.29, 0.717) is 24.0 Å². The van der Waals surface area contributed by atoms with Gasteiger partial charge in [0.25, 0.3) is 0 Å². The summed E-state index contributed by atoms with van der Waals surface area (Å²) in [6.07, 6.45) is 7.73. The number of carbonyl (C=O) groups excluding carboxylic acids is 1. The molecule has 2 bridgehead atoms. The standard InChI is InChI=1S/C30H40O5S/c1-5-6-12-35-29(31)17-22-8-7-9-25(16-22)36(32,33)26-10-11-28(34-4)27(18-26)30(3)19-23-13-21(2)14-24(15-23)20-30/h7-11,16,18,21,23-24H,5-6,12-15,17,19-20H2,1-4H3. The van der Waals surface area contributed by atoms with E-state index in [4.69, 9.17) is 9.47 Å². The Morgan fingerprint density at radius 2 is 1.72 bits per heavy atom. The highest BCUT2D eigenvalue weighted by Crippen LogP contribution is 2.53. The third-order valence-corrected chi connectivity index (χ3v) is 9.82. The molecular formula is C30H40O5S. The summed E-state index contributed by atoms with van der Waals surface area (Å²) in [5, 5.41) is 0. The predicted octanol–water partition coefficient (Wildman–Crippen LogP) is 6.52. The van der Waals surface area contributed by atoms with Crippen molar-refractivity contribution in [3.63, 3.8) is 0 Å². The van der Waals surface area contributed by atoms with Crippen LogP contribution in [0.3, 0.4) is 0 Å². The zero-order valence-corrected chi connectivity index (χ0v) is 22.9. The summed E-state index contributed by atoms with van der Waals surface area (Å²) in [6, 6.07) is 11.9. The van der Waals surface area contributed by atoms with Crippen LogP contribution in [0.1, 0.15) is 76.8 Å². The zero-order chi connectivity index (χ0) is 25.9. The lowest BCUT2D eigenvalue weighted by atomic mass is 9.57. The van der Waals surface area contributed by atoms with Crippen molar-refractivity contribution in [3.8, 4) is 5.75 Å². The van der Waals surface area contributed by atoms with E-state index in [-0.39, 0.29) is 27.6 Å². The van der Waals surface area contributed by atoms with Crippen molar-refractivity contribution in [2.24, 2.45) is 17.8 Å². The fraction of sp³-hybridized carbons (Fsp3) is 0.567. The lowest BCUT2D eigenvalue weighted by molar-refractivity contribution is -0.142. The molecule has 36 heavy (non-hydrogen) atoms. The van der Waals surface area contributed by atoms with E-state index < -0.39 is 9.84 Å². The monoisotopic (exact) mass is 512 g/mol. The largest absolute Gasteiger partial charge is 0.496 e. The first kappa shape index (κ1) is 26.7. The van der Waals surface area contributed by atoms with Crippen LogP contribution in [-0.2, 0) is 31.2 Å². The van der Waals surface area contributed by atoms with Gasteiger partial charge in [-0.05, 0) is 97.6 Å². The number of esters is 1. The highest BCUT2D eigenvalue weighted by Gasteiger charge is 2.43. The number of hydrogen-bond acceptors (Lipinski definition) is 5. The fourth-order valence-electron chi connectivity index (χ4n) is 6.64. The molecule has 6 heteroatoms. The van der Waals surface area contributed by atoms with Gasteiger partial charge in [-0.1, -0.05) is 39.3 Å². The van der Waals surface area contributed by atoms with E-state index in [1.165, 1.54) is 19.3 Å². The molecule has 2 aromatic rings. The van der Waals surface area contributed by atoms with E-state index in [9.17, 15) is 13.2 Å². The van der Waals surface area contributed by atoms with Crippen molar-refractivity contribution in [2.45, 2.75) is 87.3 Å². The zero-order valence-electron chi connectivity index (χ0n) is 22.1. The molecule has 0 N–H and O–H groups in total. The molecule has 2 atom stereocenters. The van der Waals surface area contributed by atoms with Crippen molar-refractivity contribution in [2.75, 3.05) is 13.7 Å². The maximum atomic E-state index is 13.7. The number of unbranched alkanes of at least 4 members (excludes halogenated alkanes) is 1. The summed E-state index contributed by atoms with van der Waals surface area (Å²) in [4.78, 5) is 12.6. The molecule has 2 aliphatic rings. The number of carbonyl (C=O) groups is 1. The molecule has 0 amide bonds. The van der Waals surface area contributed by atoms with Crippen LogP contribution in [-0.4, -0.2) is 28.1 Å². The Morgan fingerprint density at radius 3 is 2.39 bits per heavy atom. The molecule has 0 aromatic heterocycles. The average Bonchev–Trinajstić information content (AvgIpc) is 2.83. The van der Waals surface area contributed by atoms with Gasteiger partial charge in [0.05, 0.1) is 29.9 Å². The Morgan fingerprint density at radius 1 is 1.03 bits per heavy atom. The fourth-order valence-corrected chi connectivity index (χ4v) is 8.00. The lowest BCUT2D eigenvalue weighted by Gasteiger charge is -2.48. The van der Waals surface area contributed by atoms with Gasteiger partial charge in [0.15, 0.2) is 0 Å². The normalized spacial score (nSPS) is 25.8.